The molecule has 112 valence electrons. The lowest BCUT2D eigenvalue weighted by atomic mass is 10.1. The van der Waals surface area contributed by atoms with E-state index >= 15 is 0 Å². The maximum atomic E-state index is 13.1. The smallest absolute Gasteiger partial charge is 0.353 e. The number of halogens is 4. The van der Waals surface area contributed by atoms with E-state index in [9.17, 15) is 22.4 Å². The average Bonchev–Trinajstić information content (AvgIpc) is 2.91. The number of amides is 1. The first kappa shape index (κ1) is 15.1. The van der Waals surface area contributed by atoms with E-state index in [1.54, 1.807) is 12.4 Å². The zero-order chi connectivity index (χ0) is 15.5. The van der Waals surface area contributed by atoms with Crippen molar-refractivity contribution in [2.24, 2.45) is 0 Å². The molecule has 1 amide bonds. The van der Waals surface area contributed by atoms with Crippen LogP contribution in [-0.2, 0) is 12.7 Å². The molecule has 0 saturated heterocycles. The van der Waals surface area contributed by atoms with Crippen LogP contribution in [0, 0.1) is 5.82 Å². The highest BCUT2D eigenvalue weighted by Crippen LogP contribution is 2.31. The summed E-state index contributed by atoms with van der Waals surface area (Å²) < 4.78 is 52.6. The predicted octanol–water partition coefficient (Wildman–Crippen LogP) is 3.08. The van der Waals surface area contributed by atoms with Crippen LogP contribution in [0.4, 0.5) is 17.6 Å². The number of alkyl halides is 3. The van der Waals surface area contributed by atoms with Crippen molar-refractivity contribution in [1.82, 2.24) is 9.88 Å². The monoisotopic (exact) mass is 300 g/mol. The predicted molar refractivity (Wildman–Crippen MR) is 68.2 cm³/mol. The minimum absolute atomic E-state index is 0.226. The maximum absolute atomic E-state index is 13.1. The molecule has 0 aliphatic heterocycles. The third-order valence-corrected chi connectivity index (χ3v) is 2.86. The Hall–Kier alpha value is -2.31. The normalized spacial score (nSPS) is 11.4. The second kappa shape index (κ2) is 5.99. The van der Waals surface area contributed by atoms with Crippen LogP contribution in [0.15, 0.2) is 42.7 Å². The van der Waals surface area contributed by atoms with Crippen molar-refractivity contribution in [1.29, 1.82) is 0 Å². The minimum Gasteiger partial charge on any atom is -0.353 e. The summed E-state index contributed by atoms with van der Waals surface area (Å²) in [5, 5.41) is 2.49. The standard InChI is InChI=1S/C14H12F4N2O/c15-12-4-3-10(9-11(12)14(16,17)18)13(21)19-5-8-20-6-1-2-7-20/h1-4,6-7,9H,5,8H2,(H,19,21). The molecule has 1 aromatic carbocycles. The fraction of sp³-hybridized carbons (Fsp3) is 0.214. The van der Waals surface area contributed by atoms with Crippen molar-refractivity contribution < 1.29 is 22.4 Å². The van der Waals surface area contributed by atoms with Crippen LogP contribution in [0.2, 0.25) is 0 Å². The van der Waals surface area contributed by atoms with E-state index in [1.165, 1.54) is 0 Å². The van der Waals surface area contributed by atoms with Gasteiger partial charge in [0.05, 0.1) is 5.56 Å². The number of carbonyl (C=O) groups excluding carboxylic acids is 1. The van der Waals surface area contributed by atoms with E-state index in [0.717, 1.165) is 6.07 Å². The Morgan fingerprint density at radius 3 is 2.48 bits per heavy atom. The molecule has 0 unspecified atom stereocenters. The zero-order valence-electron chi connectivity index (χ0n) is 10.8. The Kier molecular flexibility index (Phi) is 4.30. The summed E-state index contributed by atoms with van der Waals surface area (Å²) in [6, 6.07) is 5.81. The summed E-state index contributed by atoms with van der Waals surface area (Å²) in [6.07, 6.45) is -1.23. The number of rotatable bonds is 4. The van der Waals surface area contributed by atoms with Crippen molar-refractivity contribution >= 4 is 5.91 Å². The molecule has 0 bridgehead atoms. The summed E-state index contributed by atoms with van der Waals surface area (Å²) in [6.45, 7) is 0.748. The molecule has 7 heteroatoms. The van der Waals surface area contributed by atoms with E-state index in [-0.39, 0.29) is 12.1 Å². The highest BCUT2D eigenvalue weighted by Gasteiger charge is 2.34. The van der Waals surface area contributed by atoms with Gasteiger partial charge < -0.3 is 9.88 Å². The minimum atomic E-state index is -4.83. The molecule has 0 radical (unpaired) electrons. The summed E-state index contributed by atoms with van der Waals surface area (Å²) >= 11 is 0. The number of nitrogens with zero attached hydrogens (tertiary/aromatic N) is 1. The highest BCUT2D eigenvalue weighted by molar-refractivity contribution is 5.94. The van der Waals surface area contributed by atoms with Crippen molar-refractivity contribution in [3.8, 4) is 0 Å². The van der Waals surface area contributed by atoms with Gasteiger partial charge in [-0.15, -0.1) is 0 Å². The number of aromatic nitrogens is 1. The van der Waals surface area contributed by atoms with Gasteiger partial charge in [-0.3, -0.25) is 4.79 Å². The second-order valence-electron chi connectivity index (χ2n) is 4.37. The number of benzene rings is 1. The first-order valence-corrected chi connectivity index (χ1v) is 6.13. The fourth-order valence-corrected chi connectivity index (χ4v) is 1.80. The number of carbonyl (C=O) groups is 1. The SMILES string of the molecule is O=C(NCCn1cccc1)c1ccc(F)c(C(F)(F)F)c1. The molecule has 0 atom stereocenters. The molecule has 1 heterocycles. The van der Waals surface area contributed by atoms with Gasteiger partial charge in [0.15, 0.2) is 0 Å². The van der Waals surface area contributed by atoms with Gasteiger partial charge in [0.25, 0.3) is 5.91 Å². The van der Waals surface area contributed by atoms with Gasteiger partial charge in [-0.2, -0.15) is 13.2 Å². The first-order valence-electron chi connectivity index (χ1n) is 6.13. The van der Waals surface area contributed by atoms with Crippen molar-refractivity contribution in [3.63, 3.8) is 0 Å². The van der Waals surface area contributed by atoms with Crippen molar-refractivity contribution in [2.45, 2.75) is 12.7 Å². The van der Waals surface area contributed by atoms with Crippen LogP contribution in [0.3, 0.4) is 0 Å². The largest absolute Gasteiger partial charge is 0.419 e. The summed E-state index contributed by atoms with van der Waals surface area (Å²) in [5.41, 5.74) is -1.67. The molecule has 1 aromatic heterocycles. The molecule has 3 nitrogen and oxygen atoms in total. The van der Waals surface area contributed by atoms with Crippen LogP contribution >= 0.6 is 0 Å². The van der Waals surface area contributed by atoms with E-state index in [2.05, 4.69) is 5.32 Å². The molecule has 0 fully saturated rings. The van der Waals surface area contributed by atoms with Crippen LogP contribution < -0.4 is 5.32 Å². The maximum Gasteiger partial charge on any atom is 0.419 e. The van der Waals surface area contributed by atoms with E-state index in [4.69, 9.17) is 0 Å². The molecule has 0 saturated carbocycles. The van der Waals surface area contributed by atoms with E-state index in [1.807, 2.05) is 16.7 Å². The van der Waals surface area contributed by atoms with Gasteiger partial charge in [-0.05, 0) is 30.3 Å². The number of hydrogen-bond donors (Lipinski definition) is 1. The molecule has 2 aromatic rings. The topological polar surface area (TPSA) is 34.0 Å². The molecule has 0 spiro atoms. The fourth-order valence-electron chi connectivity index (χ4n) is 1.80. The Bertz CT molecular complexity index is 620. The van der Waals surface area contributed by atoms with Gasteiger partial charge >= 0.3 is 6.18 Å². The molecule has 0 aliphatic rings. The van der Waals surface area contributed by atoms with Crippen LogP contribution in [0.1, 0.15) is 15.9 Å². The lowest BCUT2D eigenvalue weighted by Gasteiger charge is -2.10. The lowest BCUT2D eigenvalue weighted by Crippen LogP contribution is -2.27. The van der Waals surface area contributed by atoms with Gasteiger partial charge in [0, 0.05) is 31.0 Å². The van der Waals surface area contributed by atoms with Crippen LogP contribution in [0.5, 0.6) is 0 Å². The Labute approximate surface area is 118 Å². The van der Waals surface area contributed by atoms with Gasteiger partial charge in [-0.1, -0.05) is 0 Å². The van der Waals surface area contributed by atoms with Crippen molar-refractivity contribution in [3.05, 3.63) is 59.7 Å². The van der Waals surface area contributed by atoms with E-state index in [0.29, 0.717) is 18.7 Å². The van der Waals surface area contributed by atoms with E-state index < -0.39 is 23.5 Å². The third-order valence-electron chi connectivity index (χ3n) is 2.86. The lowest BCUT2D eigenvalue weighted by molar-refractivity contribution is -0.140. The molecular formula is C14H12F4N2O. The van der Waals surface area contributed by atoms with Gasteiger partial charge in [0.2, 0.25) is 0 Å². The Balaban J connectivity index is 2.02. The third kappa shape index (κ3) is 3.84. The molecule has 2 rings (SSSR count). The second-order valence-corrected chi connectivity index (χ2v) is 4.37. The molecule has 21 heavy (non-hydrogen) atoms. The van der Waals surface area contributed by atoms with Crippen LogP contribution in [-0.4, -0.2) is 17.0 Å². The van der Waals surface area contributed by atoms with Crippen LogP contribution in [0.25, 0.3) is 0 Å². The Morgan fingerprint density at radius 2 is 1.86 bits per heavy atom. The highest BCUT2D eigenvalue weighted by atomic mass is 19.4. The summed E-state index contributed by atoms with van der Waals surface area (Å²) in [4.78, 5) is 11.8. The number of nitrogens with one attached hydrogen (secondary N) is 1. The average molecular weight is 300 g/mol. The van der Waals surface area contributed by atoms with Crippen molar-refractivity contribution in [2.75, 3.05) is 6.54 Å². The van der Waals surface area contributed by atoms with Gasteiger partial charge in [0.1, 0.15) is 5.82 Å². The summed E-state index contributed by atoms with van der Waals surface area (Å²) in [7, 11) is 0. The zero-order valence-corrected chi connectivity index (χ0v) is 10.8. The Morgan fingerprint density at radius 1 is 1.19 bits per heavy atom. The quantitative estimate of drug-likeness (QED) is 0.865. The summed E-state index contributed by atoms with van der Waals surface area (Å²) in [5.74, 6) is -2.07. The van der Waals surface area contributed by atoms with Gasteiger partial charge in [-0.25, -0.2) is 4.39 Å². The first-order chi connectivity index (χ1) is 9.88. The molecule has 0 aliphatic carbocycles. The molecule has 1 N–H and O–H groups in total. The molecular weight excluding hydrogens is 288 g/mol. The number of hydrogen-bond acceptors (Lipinski definition) is 1.